The monoisotopic (exact) mass is 237 g/mol. The van der Waals surface area contributed by atoms with Crippen molar-refractivity contribution in [3.63, 3.8) is 0 Å². The zero-order valence-corrected chi connectivity index (χ0v) is 10.2. The Morgan fingerprint density at radius 2 is 2.13 bits per heavy atom. The largest absolute Gasteiger partial charge is 0.390 e. The van der Waals surface area contributed by atoms with Gasteiger partial charge < -0.3 is 5.73 Å². The zero-order valence-electron chi connectivity index (χ0n) is 8.53. The first-order chi connectivity index (χ1) is 7.11. The normalized spacial score (nSPS) is 10.5. The molecule has 4 heteroatoms. The van der Waals surface area contributed by atoms with Crippen LogP contribution in [0.3, 0.4) is 0 Å². The van der Waals surface area contributed by atoms with Crippen LogP contribution in [0.1, 0.15) is 26.4 Å². The predicted molar refractivity (Wildman–Crippen MR) is 66.0 cm³/mol. The molecule has 15 heavy (non-hydrogen) atoms. The minimum Gasteiger partial charge on any atom is -0.390 e. The number of aryl methyl sites for hydroxylation is 1. The molecule has 0 aliphatic carbocycles. The number of thiophene rings is 2. The highest BCUT2D eigenvalue weighted by Crippen LogP contribution is 2.31. The lowest BCUT2D eigenvalue weighted by Gasteiger charge is -1.99. The van der Waals surface area contributed by atoms with Crippen LogP contribution in [0.2, 0.25) is 0 Å². The van der Waals surface area contributed by atoms with E-state index in [1.165, 1.54) is 22.7 Å². The van der Waals surface area contributed by atoms with E-state index in [1.54, 1.807) is 0 Å². The first-order valence-corrected chi connectivity index (χ1v) is 6.29. The molecule has 0 radical (unpaired) electrons. The fourth-order valence-corrected chi connectivity index (χ4v) is 3.04. The Kier molecular flexibility index (Phi) is 2.63. The molecule has 0 atom stereocenters. The maximum Gasteiger partial charge on any atom is 0.197 e. The van der Waals surface area contributed by atoms with E-state index in [0.717, 1.165) is 16.0 Å². The lowest BCUT2D eigenvalue weighted by molar-refractivity contribution is 0.104. The summed E-state index contributed by atoms with van der Waals surface area (Å²) in [6, 6.07) is 1.83. The Hall–Kier alpha value is -1.13. The van der Waals surface area contributed by atoms with Gasteiger partial charge in [0.15, 0.2) is 5.78 Å². The van der Waals surface area contributed by atoms with Crippen LogP contribution in [0.25, 0.3) is 0 Å². The van der Waals surface area contributed by atoms with Crippen molar-refractivity contribution in [3.05, 3.63) is 38.4 Å². The number of nitrogen functional groups attached to an aromatic ring is 1. The van der Waals surface area contributed by atoms with Crippen molar-refractivity contribution in [3.8, 4) is 0 Å². The van der Waals surface area contributed by atoms with Crippen LogP contribution in [0.15, 0.2) is 16.8 Å². The summed E-state index contributed by atoms with van der Waals surface area (Å²) in [5, 5.41) is 4.38. The lowest BCUT2D eigenvalue weighted by atomic mass is 10.0. The zero-order chi connectivity index (χ0) is 11.0. The van der Waals surface area contributed by atoms with E-state index in [4.69, 9.17) is 5.73 Å². The quantitative estimate of drug-likeness (QED) is 0.815. The molecule has 0 saturated carbocycles. The molecular weight excluding hydrogens is 226 g/mol. The van der Waals surface area contributed by atoms with Gasteiger partial charge in [0.1, 0.15) is 0 Å². The summed E-state index contributed by atoms with van der Waals surface area (Å²) in [6.45, 7) is 3.93. The molecule has 0 unspecified atom stereocenters. The van der Waals surface area contributed by atoms with Crippen LogP contribution in [-0.4, -0.2) is 5.78 Å². The number of hydrogen-bond donors (Lipinski definition) is 1. The number of nitrogens with two attached hydrogens (primary N) is 1. The number of anilines is 1. The summed E-state index contributed by atoms with van der Waals surface area (Å²) in [6.07, 6.45) is 0. The van der Waals surface area contributed by atoms with E-state index in [9.17, 15) is 4.79 Å². The Labute approximate surface area is 96.4 Å². The van der Waals surface area contributed by atoms with E-state index in [2.05, 4.69) is 0 Å². The van der Waals surface area contributed by atoms with Gasteiger partial charge in [0.25, 0.3) is 0 Å². The topological polar surface area (TPSA) is 43.1 Å². The van der Waals surface area contributed by atoms with Crippen molar-refractivity contribution < 1.29 is 4.79 Å². The first-order valence-electron chi connectivity index (χ1n) is 4.53. The Bertz CT molecular complexity index is 497. The lowest BCUT2D eigenvalue weighted by Crippen LogP contribution is -2.03. The summed E-state index contributed by atoms with van der Waals surface area (Å²) in [7, 11) is 0. The maximum atomic E-state index is 12.1. The molecule has 0 fully saturated rings. The fraction of sp³-hybridized carbons (Fsp3) is 0.182. The van der Waals surface area contributed by atoms with Crippen LogP contribution in [0.5, 0.6) is 0 Å². The third-order valence-corrected chi connectivity index (χ3v) is 4.14. The molecule has 0 saturated heterocycles. The smallest absolute Gasteiger partial charge is 0.197 e. The predicted octanol–water partition coefficient (Wildman–Crippen LogP) is 3.24. The van der Waals surface area contributed by atoms with E-state index >= 15 is 0 Å². The molecule has 2 aromatic rings. The molecule has 0 amide bonds. The molecule has 2 aromatic heterocycles. The second kappa shape index (κ2) is 3.79. The van der Waals surface area contributed by atoms with Gasteiger partial charge in [0, 0.05) is 15.8 Å². The highest BCUT2D eigenvalue weighted by Gasteiger charge is 2.19. The van der Waals surface area contributed by atoms with Crippen LogP contribution in [0, 0.1) is 13.8 Å². The van der Waals surface area contributed by atoms with Gasteiger partial charge in [-0.05, 0) is 30.9 Å². The molecule has 0 bridgehead atoms. The van der Waals surface area contributed by atoms with Crippen molar-refractivity contribution in [2.75, 3.05) is 5.73 Å². The van der Waals surface area contributed by atoms with Gasteiger partial charge in [0.05, 0.1) is 10.6 Å². The third kappa shape index (κ3) is 1.70. The molecule has 2 nitrogen and oxygen atoms in total. The summed E-state index contributed by atoms with van der Waals surface area (Å²) in [5.74, 6) is 0.0376. The standard InChI is InChI=1S/C11H11NOS2/c1-6-7(2)15-11(12)9(6)10(13)8-3-4-14-5-8/h3-5H,12H2,1-2H3. The number of rotatable bonds is 2. The van der Waals surface area contributed by atoms with Gasteiger partial charge in [-0.15, -0.1) is 11.3 Å². The molecular formula is C11H11NOS2. The average Bonchev–Trinajstić information content (AvgIpc) is 2.76. The minimum absolute atomic E-state index is 0.0376. The second-order valence-electron chi connectivity index (χ2n) is 3.36. The van der Waals surface area contributed by atoms with Crippen LogP contribution in [0.4, 0.5) is 5.00 Å². The number of carbonyl (C=O) groups is 1. The van der Waals surface area contributed by atoms with Gasteiger partial charge in [-0.1, -0.05) is 0 Å². The molecule has 0 aliphatic rings. The molecule has 78 valence electrons. The van der Waals surface area contributed by atoms with E-state index in [0.29, 0.717) is 10.6 Å². The number of hydrogen-bond acceptors (Lipinski definition) is 4. The molecule has 0 aromatic carbocycles. The summed E-state index contributed by atoms with van der Waals surface area (Å²) in [5.41, 5.74) is 8.26. The molecule has 0 spiro atoms. The van der Waals surface area contributed by atoms with E-state index in [1.807, 2.05) is 30.7 Å². The SMILES string of the molecule is Cc1sc(N)c(C(=O)c2ccsc2)c1C. The van der Waals surface area contributed by atoms with E-state index < -0.39 is 0 Å². The summed E-state index contributed by atoms with van der Waals surface area (Å²) < 4.78 is 0. The average molecular weight is 237 g/mol. The Balaban J connectivity index is 2.51. The summed E-state index contributed by atoms with van der Waals surface area (Å²) >= 11 is 3.00. The van der Waals surface area contributed by atoms with Crippen LogP contribution >= 0.6 is 22.7 Å². The van der Waals surface area contributed by atoms with Crippen molar-refractivity contribution in [2.24, 2.45) is 0 Å². The summed E-state index contributed by atoms with van der Waals surface area (Å²) in [4.78, 5) is 13.2. The molecule has 0 aliphatic heterocycles. The Morgan fingerprint density at radius 1 is 1.40 bits per heavy atom. The highest BCUT2D eigenvalue weighted by atomic mass is 32.1. The maximum absolute atomic E-state index is 12.1. The van der Waals surface area contributed by atoms with Crippen molar-refractivity contribution in [1.82, 2.24) is 0 Å². The second-order valence-corrected chi connectivity index (χ2v) is 5.40. The van der Waals surface area contributed by atoms with Gasteiger partial charge in [-0.2, -0.15) is 11.3 Å². The molecule has 2 N–H and O–H groups in total. The Morgan fingerprint density at radius 3 is 2.60 bits per heavy atom. The minimum atomic E-state index is 0.0376. The van der Waals surface area contributed by atoms with Crippen LogP contribution < -0.4 is 5.73 Å². The van der Waals surface area contributed by atoms with Gasteiger partial charge in [-0.25, -0.2) is 0 Å². The van der Waals surface area contributed by atoms with Crippen LogP contribution in [-0.2, 0) is 0 Å². The van der Waals surface area contributed by atoms with Gasteiger partial charge >= 0.3 is 0 Å². The molecule has 2 rings (SSSR count). The van der Waals surface area contributed by atoms with Gasteiger partial charge in [0.2, 0.25) is 0 Å². The van der Waals surface area contributed by atoms with Crippen molar-refractivity contribution in [2.45, 2.75) is 13.8 Å². The van der Waals surface area contributed by atoms with Crippen molar-refractivity contribution in [1.29, 1.82) is 0 Å². The van der Waals surface area contributed by atoms with Gasteiger partial charge in [-0.3, -0.25) is 4.79 Å². The number of ketones is 1. The van der Waals surface area contributed by atoms with Crippen molar-refractivity contribution >= 4 is 33.5 Å². The third-order valence-electron chi connectivity index (χ3n) is 2.42. The van der Waals surface area contributed by atoms with E-state index in [-0.39, 0.29) is 5.78 Å². The number of carbonyl (C=O) groups excluding carboxylic acids is 1. The highest BCUT2D eigenvalue weighted by molar-refractivity contribution is 7.16. The fourth-order valence-electron chi connectivity index (χ4n) is 1.47. The first kappa shape index (κ1) is 10.4. The molecule has 2 heterocycles.